The van der Waals surface area contributed by atoms with Gasteiger partial charge in [0.25, 0.3) is 0 Å². The molecule has 0 radical (unpaired) electrons. The van der Waals surface area contributed by atoms with Crippen molar-refractivity contribution in [1.29, 1.82) is 0 Å². The van der Waals surface area contributed by atoms with Gasteiger partial charge in [-0.1, -0.05) is 60.3 Å². The van der Waals surface area contributed by atoms with E-state index in [0.29, 0.717) is 5.41 Å². The van der Waals surface area contributed by atoms with E-state index in [0.717, 1.165) is 11.3 Å². The van der Waals surface area contributed by atoms with Gasteiger partial charge in [0, 0.05) is 0 Å². The zero-order valence-electron chi connectivity index (χ0n) is 12.2. The summed E-state index contributed by atoms with van der Waals surface area (Å²) in [5, 5.41) is 0. The Kier molecular flexibility index (Phi) is 4.88. The molecule has 0 saturated heterocycles. The summed E-state index contributed by atoms with van der Waals surface area (Å²) >= 11 is 0. The second-order valence-corrected chi connectivity index (χ2v) is 6.84. The summed E-state index contributed by atoms with van der Waals surface area (Å²) in [6.45, 7) is 12.1. The van der Waals surface area contributed by atoms with Gasteiger partial charge in [-0.2, -0.15) is 0 Å². The summed E-state index contributed by atoms with van der Waals surface area (Å²) in [7, 11) is 0. The molecule has 0 nitrogen and oxygen atoms in total. The maximum atomic E-state index is 2.53. The van der Waals surface area contributed by atoms with Crippen molar-refractivity contribution in [2.24, 2.45) is 16.7 Å². The second-order valence-electron chi connectivity index (χ2n) is 6.84. The van der Waals surface area contributed by atoms with Gasteiger partial charge in [0.15, 0.2) is 0 Å². The lowest BCUT2D eigenvalue weighted by molar-refractivity contribution is 0.129. The molecule has 1 aliphatic rings. The van der Waals surface area contributed by atoms with Gasteiger partial charge in [0.05, 0.1) is 0 Å². The molecule has 96 valence electrons. The SMILES string of the molecule is CCCCCC1(C(C)(C)CC(C)CC)CC1. The molecule has 1 rings (SSSR count). The lowest BCUT2D eigenvalue weighted by atomic mass is 9.68. The van der Waals surface area contributed by atoms with Crippen LogP contribution in [0.5, 0.6) is 0 Å². The van der Waals surface area contributed by atoms with Crippen LogP contribution in [0.1, 0.15) is 86.0 Å². The minimum Gasteiger partial charge on any atom is -0.0654 e. The number of rotatable bonds is 8. The minimum atomic E-state index is 0.580. The molecule has 0 spiro atoms. The third-order valence-corrected chi connectivity index (χ3v) is 5.10. The first-order valence-corrected chi connectivity index (χ1v) is 7.47. The number of unbranched alkanes of at least 4 members (excludes halogenated alkanes) is 2. The molecule has 0 aromatic carbocycles. The Hall–Kier alpha value is 0. The fourth-order valence-electron chi connectivity index (χ4n) is 3.36. The number of hydrogen-bond donors (Lipinski definition) is 0. The van der Waals surface area contributed by atoms with Crippen LogP contribution in [-0.2, 0) is 0 Å². The minimum absolute atomic E-state index is 0.580. The van der Waals surface area contributed by atoms with Crippen LogP contribution in [-0.4, -0.2) is 0 Å². The summed E-state index contributed by atoms with van der Waals surface area (Å²) in [6, 6.07) is 0. The van der Waals surface area contributed by atoms with Crippen LogP contribution in [0, 0.1) is 16.7 Å². The van der Waals surface area contributed by atoms with Gasteiger partial charge in [-0.05, 0) is 42.4 Å². The first-order chi connectivity index (χ1) is 7.47. The van der Waals surface area contributed by atoms with Crippen LogP contribution < -0.4 is 0 Å². The largest absolute Gasteiger partial charge is 0.0654 e. The maximum Gasteiger partial charge on any atom is -0.0246 e. The average molecular weight is 224 g/mol. The van der Waals surface area contributed by atoms with Crippen molar-refractivity contribution in [2.45, 2.75) is 86.0 Å². The molecule has 0 amide bonds. The standard InChI is InChI=1S/C16H32/c1-6-8-9-10-16(11-12-16)15(4,5)13-14(3)7-2/h14H,6-13H2,1-5H3. The lowest BCUT2D eigenvalue weighted by Crippen LogP contribution is -2.28. The van der Waals surface area contributed by atoms with Crippen LogP contribution in [0.3, 0.4) is 0 Å². The Labute approximate surface area is 103 Å². The summed E-state index contributed by atoms with van der Waals surface area (Å²) in [4.78, 5) is 0. The first-order valence-electron chi connectivity index (χ1n) is 7.47. The Balaban J connectivity index is 2.46. The molecule has 0 bridgehead atoms. The molecule has 0 aromatic heterocycles. The van der Waals surface area contributed by atoms with Crippen molar-refractivity contribution in [3.8, 4) is 0 Å². The molecule has 1 unspecified atom stereocenters. The molecule has 1 fully saturated rings. The van der Waals surface area contributed by atoms with Crippen molar-refractivity contribution in [1.82, 2.24) is 0 Å². The van der Waals surface area contributed by atoms with E-state index in [4.69, 9.17) is 0 Å². The monoisotopic (exact) mass is 224 g/mol. The van der Waals surface area contributed by atoms with Crippen molar-refractivity contribution in [2.75, 3.05) is 0 Å². The predicted octanol–water partition coefficient (Wildman–Crippen LogP) is 5.81. The molecular formula is C16H32. The quantitative estimate of drug-likeness (QED) is 0.456. The van der Waals surface area contributed by atoms with E-state index in [1.54, 1.807) is 0 Å². The first kappa shape index (κ1) is 14.1. The van der Waals surface area contributed by atoms with Gasteiger partial charge in [0.2, 0.25) is 0 Å². The van der Waals surface area contributed by atoms with E-state index < -0.39 is 0 Å². The van der Waals surface area contributed by atoms with Gasteiger partial charge < -0.3 is 0 Å². The van der Waals surface area contributed by atoms with Gasteiger partial charge in [-0.25, -0.2) is 0 Å². The Bertz CT molecular complexity index is 198. The van der Waals surface area contributed by atoms with Crippen LogP contribution in [0.25, 0.3) is 0 Å². The Morgan fingerprint density at radius 1 is 1.12 bits per heavy atom. The second kappa shape index (κ2) is 5.56. The molecule has 0 heteroatoms. The van der Waals surface area contributed by atoms with Crippen LogP contribution >= 0.6 is 0 Å². The topological polar surface area (TPSA) is 0 Å². The van der Waals surface area contributed by atoms with E-state index in [-0.39, 0.29) is 0 Å². The van der Waals surface area contributed by atoms with Crippen molar-refractivity contribution >= 4 is 0 Å². The molecule has 1 saturated carbocycles. The predicted molar refractivity (Wildman–Crippen MR) is 73.7 cm³/mol. The Morgan fingerprint density at radius 2 is 1.75 bits per heavy atom. The van der Waals surface area contributed by atoms with Crippen molar-refractivity contribution in [3.05, 3.63) is 0 Å². The summed E-state index contributed by atoms with van der Waals surface area (Å²) in [5.41, 5.74) is 1.31. The zero-order valence-corrected chi connectivity index (χ0v) is 12.2. The highest BCUT2D eigenvalue weighted by molar-refractivity contribution is 5.03. The smallest absolute Gasteiger partial charge is 0.0246 e. The zero-order chi connectivity index (χ0) is 12.2. The summed E-state index contributed by atoms with van der Waals surface area (Å²) in [5.74, 6) is 0.902. The van der Waals surface area contributed by atoms with Gasteiger partial charge >= 0.3 is 0 Å². The molecule has 0 aromatic rings. The van der Waals surface area contributed by atoms with Gasteiger partial charge in [-0.3, -0.25) is 0 Å². The normalized spacial score (nSPS) is 20.8. The molecule has 0 heterocycles. The van der Waals surface area contributed by atoms with Crippen molar-refractivity contribution < 1.29 is 0 Å². The molecule has 0 aliphatic heterocycles. The fourth-order valence-corrected chi connectivity index (χ4v) is 3.36. The van der Waals surface area contributed by atoms with E-state index in [9.17, 15) is 0 Å². The highest BCUT2D eigenvalue weighted by atomic mass is 14.6. The Morgan fingerprint density at radius 3 is 2.19 bits per heavy atom. The van der Waals surface area contributed by atoms with E-state index >= 15 is 0 Å². The highest BCUT2D eigenvalue weighted by Gasteiger charge is 2.53. The molecule has 1 aliphatic carbocycles. The van der Waals surface area contributed by atoms with Crippen molar-refractivity contribution in [3.63, 3.8) is 0 Å². The van der Waals surface area contributed by atoms with Crippen LogP contribution in [0.15, 0.2) is 0 Å². The lowest BCUT2D eigenvalue weighted by Gasteiger charge is -2.37. The summed E-state index contributed by atoms with van der Waals surface area (Å²) in [6.07, 6.45) is 11.5. The van der Waals surface area contributed by atoms with Gasteiger partial charge in [0.1, 0.15) is 0 Å². The van der Waals surface area contributed by atoms with Gasteiger partial charge in [-0.15, -0.1) is 0 Å². The van der Waals surface area contributed by atoms with E-state index in [1.807, 2.05) is 0 Å². The fraction of sp³-hybridized carbons (Fsp3) is 1.00. The molecule has 16 heavy (non-hydrogen) atoms. The molecular weight excluding hydrogens is 192 g/mol. The average Bonchev–Trinajstić information content (AvgIpc) is 2.99. The number of hydrogen-bond acceptors (Lipinski definition) is 0. The third kappa shape index (κ3) is 3.25. The molecule has 0 N–H and O–H groups in total. The van der Waals surface area contributed by atoms with E-state index in [2.05, 4.69) is 34.6 Å². The third-order valence-electron chi connectivity index (χ3n) is 5.10. The summed E-state index contributed by atoms with van der Waals surface area (Å²) < 4.78 is 0. The molecule has 1 atom stereocenters. The highest BCUT2D eigenvalue weighted by Crippen LogP contribution is 2.63. The maximum absolute atomic E-state index is 2.53. The van der Waals surface area contributed by atoms with Crippen LogP contribution in [0.4, 0.5) is 0 Å². The van der Waals surface area contributed by atoms with Crippen LogP contribution in [0.2, 0.25) is 0 Å². The van der Waals surface area contributed by atoms with E-state index in [1.165, 1.54) is 51.4 Å².